The predicted octanol–water partition coefficient (Wildman–Crippen LogP) is 3.01. The molecule has 0 aliphatic carbocycles. The standard InChI is InChI=1S/C11H16O3/c1-3-4-6-9(2)11(12)14-10-7-5-8-13-10/h5,7-9H,3-4,6H2,1-2H3. The molecule has 3 nitrogen and oxygen atoms in total. The molecule has 0 saturated heterocycles. The average molecular weight is 196 g/mol. The van der Waals surface area contributed by atoms with Crippen LogP contribution in [0, 0.1) is 5.92 Å². The lowest BCUT2D eigenvalue weighted by atomic mass is 10.1. The van der Waals surface area contributed by atoms with Crippen molar-refractivity contribution in [3.63, 3.8) is 0 Å². The summed E-state index contributed by atoms with van der Waals surface area (Å²) >= 11 is 0. The van der Waals surface area contributed by atoms with Crippen LogP contribution < -0.4 is 4.74 Å². The lowest BCUT2D eigenvalue weighted by Gasteiger charge is -2.07. The van der Waals surface area contributed by atoms with Gasteiger partial charge in [-0.1, -0.05) is 26.7 Å². The Morgan fingerprint density at radius 3 is 3.00 bits per heavy atom. The Morgan fingerprint density at radius 2 is 2.43 bits per heavy atom. The highest BCUT2D eigenvalue weighted by Crippen LogP contribution is 2.15. The fourth-order valence-corrected chi connectivity index (χ4v) is 1.15. The Hall–Kier alpha value is -1.25. The number of furan rings is 1. The molecule has 0 saturated carbocycles. The van der Waals surface area contributed by atoms with Gasteiger partial charge in [0.05, 0.1) is 12.2 Å². The molecule has 1 aromatic heterocycles. The largest absolute Gasteiger partial charge is 0.434 e. The first-order chi connectivity index (χ1) is 6.74. The fourth-order valence-electron chi connectivity index (χ4n) is 1.15. The molecule has 0 aromatic carbocycles. The number of carbonyl (C=O) groups excluding carboxylic acids is 1. The lowest BCUT2D eigenvalue weighted by molar-refractivity contribution is -0.139. The smallest absolute Gasteiger partial charge is 0.316 e. The van der Waals surface area contributed by atoms with Gasteiger partial charge < -0.3 is 9.15 Å². The molecule has 0 N–H and O–H groups in total. The monoisotopic (exact) mass is 196 g/mol. The van der Waals surface area contributed by atoms with E-state index in [-0.39, 0.29) is 17.8 Å². The van der Waals surface area contributed by atoms with Crippen molar-refractivity contribution < 1.29 is 13.9 Å². The van der Waals surface area contributed by atoms with Crippen molar-refractivity contribution in [2.45, 2.75) is 33.1 Å². The molecular formula is C11H16O3. The van der Waals surface area contributed by atoms with E-state index < -0.39 is 0 Å². The molecule has 1 rings (SSSR count). The van der Waals surface area contributed by atoms with E-state index in [2.05, 4.69) is 6.92 Å². The number of unbranched alkanes of at least 4 members (excludes halogenated alkanes) is 1. The van der Waals surface area contributed by atoms with Gasteiger partial charge in [0.1, 0.15) is 0 Å². The van der Waals surface area contributed by atoms with Crippen LogP contribution in [0.3, 0.4) is 0 Å². The van der Waals surface area contributed by atoms with Gasteiger partial charge in [-0.2, -0.15) is 0 Å². The summed E-state index contributed by atoms with van der Waals surface area (Å²) in [6, 6.07) is 3.32. The highest BCUT2D eigenvalue weighted by Gasteiger charge is 2.15. The zero-order valence-corrected chi connectivity index (χ0v) is 8.66. The van der Waals surface area contributed by atoms with Gasteiger partial charge in [0, 0.05) is 6.07 Å². The predicted molar refractivity (Wildman–Crippen MR) is 53.0 cm³/mol. The summed E-state index contributed by atoms with van der Waals surface area (Å²) in [4.78, 5) is 11.4. The zero-order chi connectivity index (χ0) is 10.4. The van der Waals surface area contributed by atoms with Crippen molar-refractivity contribution in [2.75, 3.05) is 0 Å². The van der Waals surface area contributed by atoms with Crippen molar-refractivity contribution in [3.8, 4) is 5.95 Å². The van der Waals surface area contributed by atoms with Gasteiger partial charge in [-0.25, -0.2) is 0 Å². The van der Waals surface area contributed by atoms with Crippen LogP contribution >= 0.6 is 0 Å². The van der Waals surface area contributed by atoms with Gasteiger partial charge in [0.2, 0.25) is 0 Å². The molecule has 0 radical (unpaired) electrons. The van der Waals surface area contributed by atoms with Gasteiger partial charge in [0.25, 0.3) is 5.95 Å². The normalized spacial score (nSPS) is 12.4. The first-order valence-electron chi connectivity index (χ1n) is 4.99. The van der Waals surface area contributed by atoms with Crippen molar-refractivity contribution in [3.05, 3.63) is 18.4 Å². The molecular weight excluding hydrogens is 180 g/mol. The molecule has 1 unspecified atom stereocenters. The van der Waals surface area contributed by atoms with Crippen molar-refractivity contribution in [1.82, 2.24) is 0 Å². The van der Waals surface area contributed by atoms with E-state index in [0.29, 0.717) is 0 Å². The van der Waals surface area contributed by atoms with Crippen LogP contribution in [0.4, 0.5) is 0 Å². The lowest BCUT2D eigenvalue weighted by Crippen LogP contribution is -2.17. The summed E-state index contributed by atoms with van der Waals surface area (Å²) < 4.78 is 9.92. The van der Waals surface area contributed by atoms with E-state index in [1.165, 1.54) is 6.26 Å². The molecule has 14 heavy (non-hydrogen) atoms. The molecule has 1 aromatic rings. The van der Waals surface area contributed by atoms with Gasteiger partial charge in [-0.05, 0) is 12.5 Å². The number of hydrogen-bond acceptors (Lipinski definition) is 3. The third kappa shape index (κ3) is 3.24. The number of hydrogen-bond donors (Lipinski definition) is 0. The highest BCUT2D eigenvalue weighted by molar-refractivity contribution is 5.74. The van der Waals surface area contributed by atoms with Crippen LogP contribution in [0.2, 0.25) is 0 Å². The van der Waals surface area contributed by atoms with Crippen LogP contribution in [-0.4, -0.2) is 5.97 Å². The maximum atomic E-state index is 11.4. The van der Waals surface area contributed by atoms with E-state index in [9.17, 15) is 4.79 Å². The van der Waals surface area contributed by atoms with E-state index in [0.717, 1.165) is 19.3 Å². The summed E-state index contributed by atoms with van der Waals surface area (Å²) in [5.41, 5.74) is 0. The second-order valence-electron chi connectivity index (χ2n) is 3.40. The summed E-state index contributed by atoms with van der Waals surface area (Å²) in [6.07, 6.45) is 4.50. The number of carbonyl (C=O) groups is 1. The Labute approximate surface area is 84.1 Å². The summed E-state index contributed by atoms with van der Waals surface area (Å²) in [5.74, 6) is 0.00629. The van der Waals surface area contributed by atoms with Gasteiger partial charge in [-0.15, -0.1) is 0 Å². The van der Waals surface area contributed by atoms with E-state index in [4.69, 9.17) is 9.15 Å². The van der Waals surface area contributed by atoms with Gasteiger partial charge >= 0.3 is 5.97 Å². The van der Waals surface area contributed by atoms with Crippen molar-refractivity contribution >= 4 is 5.97 Å². The quantitative estimate of drug-likeness (QED) is 0.679. The molecule has 78 valence electrons. The maximum Gasteiger partial charge on any atom is 0.316 e. The second-order valence-corrected chi connectivity index (χ2v) is 3.40. The number of esters is 1. The minimum absolute atomic E-state index is 0.0555. The minimum atomic E-state index is -0.214. The topological polar surface area (TPSA) is 39.4 Å². The maximum absolute atomic E-state index is 11.4. The number of rotatable bonds is 5. The average Bonchev–Trinajstić information content (AvgIpc) is 2.66. The molecule has 0 aliphatic heterocycles. The Kier molecular flexibility index (Phi) is 4.23. The zero-order valence-electron chi connectivity index (χ0n) is 8.66. The summed E-state index contributed by atoms with van der Waals surface area (Å²) in [6.45, 7) is 3.98. The molecule has 0 spiro atoms. The Balaban J connectivity index is 2.34. The first-order valence-corrected chi connectivity index (χ1v) is 4.99. The highest BCUT2D eigenvalue weighted by atomic mass is 16.6. The molecule has 3 heteroatoms. The third-order valence-corrected chi connectivity index (χ3v) is 2.09. The van der Waals surface area contributed by atoms with Crippen molar-refractivity contribution in [2.24, 2.45) is 5.92 Å². The van der Waals surface area contributed by atoms with Gasteiger partial charge in [0.15, 0.2) is 0 Å². The molecule has 0 bridgehead atoms. The Bertz CT molecular complexity index is 264. The van der Waals surface area contributed by atoms with Crippen LogP contribution in [0.1, 0.15) is 33.1 Å². The number of ether oxygens (including phenoxy) is 1. The minimum Gasteiger partial charge on any atom is -0.434 e. The SMILES string of the molecule is CCCCC(C)C(=O)Oc1ccco1. The van der Waals surface area contributed by atoms with Crippen molar-refractivity contribution in [1.29, 1.82) is 0 Å². The van der Waals surface area contributed by atoms with Gasteiger partial charge in [-0.3, -0.25) is 4.79 Å². The fraction of sp³-hybridized carbons (Fsp3) is 0.545. The second kappa shape index (κ2) is 5.47. The van der Waals surface area contributed by atoms with E-state index >= 15 is 0 Å². The summed E-state index contributed by atoms with van der Waals surface area (Å²) in [5, 5.41) is 0. The molecule has 1 atom stereocenters. The van der Waals surface area contributed by atoms with E-state index in [1.807, 2.05) is 6.92 Å². The Morgan fingerprint density at radius 1 is 1.64 bits per heavy atom. The molecule has 0 aliphatic rings. The van der Waals surface area contributed by atoms with Crippen LogP contribution in [0.25, 0.3) is 0 Å². The first kappa shape index (κ1) is 10.8. The summed E-state index contributed by atoms with van der Waals surface area (Å²) in [7, 11) is 0. The van der Waals surface area contributed by atoms with Crippen LogP contribution in [-0.2, 0) is 4.79 Å². The van der Waals surface area contributed by atoms with E-state index in [1.54, 1.807) is 12.1 Å². The van der Waals surface area contributed by atoms with Crippen LogP contribution in [0.15, 0.2) is 22.8 Å². The third-order valence-electron chi connectivity index (χ3n) is 2.09. The molecule has 1 heterocycles. The molecule has 0 fully saturated rings. The van der Waals surface area contributed by atoms with Crippen LogP contribution in [0.5, 0.6) is 5.95 Å². The molecule has 0 amide bonds.